The van der Waals surface area contributed by atoms with E-state index in [1.165, 1.54) is 19.3 Å². The molecule has 1 aromatic heterocycles. The lowest BCUT2D eigenvalue weighted by Gasteiger charge is -2.27. The number of piperidine rings is 1. The summed E-state index contributed by atoms with van der Waals surface area (Å²) in [6.07, 6.45) is 3.88. The monoisotopic (exact) mass is 286 g/mol. The third-order valence-corrected chi connectivity index (χ3v) is 3.89. The highest BCUT2D eigenvalue weighted by atomic mass is 15.5. The number of likely N-dealkylation sites (N-methyl/N-ethyl adjacent to an activating group) is 1. The van der Waals surface area contributed by atoms with Gasteiger partial charge in [-0.05, 0) is 49.0 Å². The normalized spacial score (nSPS) is 19.0. The zero-order valence-electron chi connectivity index (χ0n) is 12.4. The quantitative estimate of drug-likeness (QED) is 0.896. The van der Waals surface area contributed by atoms with Gasteiger partial charge in [0.1, 0.15) is 0 Å². The molecule has 0 aliphatic carbocycles. The van der Waals surface area contributed by atoms with Crippen LogP contribution in [0, 0.1) is 0 Å². The Morgan fingerprint density at radius 1 is 1.29 bits per heavy atom. The predicted octanol–water partition coefficient (Wildman–Crippen LogP) is 1.24. The van der Waals surface area contributed by atoms with Crippen LogP contribution in [0.5, 0.6) is 0 Å². The first-order chi connectivity index (χ1) is 10.3. The molecular formula is C15H22N6. The highest BCUT2D eigenvalue weighted by Gasteiger charge is 2.16. The lowest BCUT2D eigenvalue weighted by Crippen LogP contribution is -2.42. The van der Waals surface area contributed by atoms with Gasteiger partial charge in [0.2, 0.25) is 0 Å². The maximum atomic E-state index is 4.17. The third kappa shape index (κ3) is 3.65. The van der Waals surface area contributed by atoms with Crippen molar-refractivity contribution in [2.24, 2.45) is 0 Å². The molecule has 1 fully saturated rings. The highest BCUT2D eigenvalue weighted by Crippen LogP contribution is 2.11. The summed E-state index contributed by atoms with van der Waals surface area (Å²) in [5.41, 5.74) is 1.00. The Morgan fingerprint density at radius 3 is 2.90 bits per heavy atom. The number of aromatic nitrogens is 4. The molecule has 21 heavy (non-hydrogen) atoms. The Hall–Kier alpha value is -1.79. The van der Waals surface area contributed by atoms with E-state index in [-0.39, 0.29) is 0 Å². The Bertz CT molecular complexity index is 546. The third-order valence-electron chi connectivity index (χ3n) is 3.89. The molecule has 0 saturated carbocycles. The van der Waals surface area contributed by atoms with E-state index in [0.29, 0.717) is 6.04 Å². The molecule has 0 amide bonds. The summed E-state index contributed by atoms with van der Waals surface area (Å²) < 4.78 is 1.81. The second-order valence-electron chi connectivity index (χ2n) is 5.69. The van der Waals surface area contributed by atoms with Crippen molar-refractivity contribution >= 4 is 0 Å². The number of nitrogens with one attached hydrogen (secondary N) is 1. The van der Waals surface area contributed by atoms with Crippen LogP contribution in [0.2, 0.25) is 0 Å². The molecule has 1 aromatic carbocycles. The summed E-state index contributed by atoms with van der Waals surface area (Å²) in [4.78, 5) is 2.29. The lowest BCUT2D eigenvalue weighted by molar-refractivity contribution is 0.250. The van der Waals surface area contributed by atoms with E-state index >= 15 is 0 Å². The van der Waals surface area contributed by atoms with Crippen molar-refractivity contribution in [1.82, 2.24) is 30.4 Å². The number of hydrogen-bond donors (Lipinski definition) is 1. The maximum absolute atomic E-state index is 4.17. The summed E-state index contributed by atoms with van der Waals surface area (Å²) >= 11 is 0. The lowest BCUT2D eigenvalue weighted by atomic mass is 10.0. The van der Waals surface area contributed by atoms with Crippen molar-refractivity contribution in [3.05, 3.63) is 36.2 Å². The van der Waals surface area contributed by atoms with E-state index in [2.05, 4.69) is 32.8 Å². The molecule has 2 heterocycles. The molecule has 0 radical (unpaired) electrons. The highest BCUT2D eigenvalue weighted by molar-refractivity contribution is 5.30. The second kappa shape index (κ2) is 6.78. The summed E-state index contributed by atoms with van der Waals surface area (Å²) in [5.74, 6) is 0.875. The fourth-order valence-electron chi connectivity index (χ4n) is 2.84. The fourth-order valence-corrected chi connectivity index (χ4v) is 2.84. The van der Waals surface area contributed by atoms with Crippen molar-refractivity contribution < 1.29 is 0 Å². The van der Waals surface area contributed by atoms with Gasteiger partial charge in [0.15, 0.2) is 5.82 Å². The SMILES string of the molecule is CN(Cc1nnnn1-c1ccccc1)CC1CCCCN1. The van der Waals surface area contributed by atoms with Gasteiger partial charge in [0.25, 0.3) is 0 Å². The fraction of sp³-hybridized carbons (Fsp3) is 0.533. The molecule has 1 aliphatic heterocycles. The molecule has 2 aromatic rings. The van der Waals surface area contributed by atoms with Crippen molar-refractivity contribution in [3.8, 4) is 5.69 Å². The number of hydrogen-bond acceptors (Lipinski definition) is 5. The van der Waals surface area contributed by atoms with Crippen molar-refractivity contribution in [2.75, 3.05) is 20.1 Å². The zero-order valence-corrected chi connectivity index (χ0v) is 12.4. The maximum Gasteiger partial charge on any atom is 0.170 e. The first-order valence-corrected chi connectivity index (χ1v) is 7.57. The molecule has 1 saturated heterocycles. The first kappa shape index (κ1) is 14.2. The molecule has 1 atom stereocenters. The van der Waals surface area contributed by atoms with Crippen molar-refractivity contribution in [3.63, 3.8) is 0 Å². The van der Waals surface area contributed by atoms with Gasteiger partial charge in [0, 0.05) is 12.6 Å². The van der Waals surface area contributed by atoms with Gasteiger partial charge >= 0.3 is 0 Å². The average molecular weight is 286 g/mol. The van der Waals surface area contributed by atoms with Crippen LogP contribution in [-0.4, -0.2) is 51.3 Å². The van der Waals surface area contributed by atoms with E-state index in [9.17, 15) is 0 Å². The summed E-state index contributed by atoms with van der Waals surface area (Å²) in [7, 11) is 2.13. The molecule has 1 N–H and O–H groups in total. The number of nitrogens with zero attached hydrogens (tertiary/aromatic N) is 5. The van der Waals surface area contributed by atoms with Gasteiger partial charge in [-0.25, -0.2) is 0 Å². The Balaban J connectivity index is 1.64. The summed E-state index contributed by atoms with van der Waals surface area (Å²) in [6.45, 7) is 2.92. The van der Waals surface area contributed by atoms with Gasteiger partial charge in [-0.1, -0.05) is 24.6 Å². The molecule has 3 rings (SSSR count). The molecule has 1 unspecified atom stereocenters. The number of tetrazole rings is 1. The van der Waals surface area contributed by atoms with Gasteiger partial charge in [-0.3, -0.25) is 4.90 Å². The molecule has 6 nitrogen and oxygen atoms in total. The van der Waals surface area contributed by atoms with Gasteiger partial charge in [-0.15, -0.1) is 5.10 Å². The van der Waals surface area contributed by atoms with E-state index in [1.54, 1.807) is 0 Å². The van der Waals surface area contributed by atoms with Crippen LogP contribution in [-0.2, 0) is 6.54 Å². The van der Waals surface area contributed by atoms with E-state index in [0.717, 1.165) is 31.1 Å². The first-order valence-electron chi connectivity index (χ1n) is 7.57. The van der Waals surface area contributed by atoms with E-state index in [4.69, 9.17) is 0 Å². The Morgan fingerprint density at radius 2 is 2.14 bits per heavy atom. The van der Waals surface area contributed by atoms with Crippen LogP contribution in [0.3, 0.4) is 0 Å². The van der Waals surface area contributed by atoms with Crippen LogP contribution in [0.1, 0.15) is 25.1 Å². The minimum Gasteiger partial charge on any atom is -0.313 e. The smallest absolute Gasteiger partial charge is 0.170 e. The minimum absolute atomic E-state index is 0.588. The number of rotatable bonds is 5. The van der Waals surface area contributed by atoms with Gasteiger partial charge < -0.3 is 5.32 Å². The standard InChI is InChI=1S/C15H22N6/c1-20(11-13-7-5-6-10-16-13)12-15-17-18-19-21(15)14-8-3-2-4-9-14/h2-4,8-9,13,16H,5-7,10-12H2,1H3. The largest absolute Gasteiger partial charge is 0.313 e. The van der Waals surface area contributed by atoms with E-state index in [1.807, 2.05) is 35.0 Å². The molecular weight excluding hydrogens is 264 g/mol. The predicted molar refractivity (Wildman–Crippen MR) is 81.1 cm³/mol. The summed E-state index contributed by atoms with van der Waals surface area (Å²) in [5, 5.41) is 15.7. The molecule has 112 valence electrons. The second-order valence-corrected chi connectivity index (χ2v) is 5.69. The van der Waals surface area contributed by atoms with Crippen LogP contribution >= 0.6 is 0 Å². The average Bonchev–Trinajstić information content (AvgIpc) is 2.97. The van der Waals surface area contributed by atoms with Crippen LogP contribution in [0.4, 0.5) is 0 Å². The van der Waals surface area contributed by atoms with Gasteiger partial charge in [-0.2, -0.15) is 4.68 Å². The van der Waals surface area contributed by atoms with Crippen LogP contribution in [0.15, 0.2) is 30.3 Å². The molecule has 0 spiro atoms. The minimum atomic E-state index is 0.588. The zero-order chi connectivity index (χ0) is 14.5. The molecule has 1 aliphatic rings. The van der Waals surface area contributed by atoms with Crippen molar-refractivity contribution in [2.45, 2.75) is 31.8 Å². The van der Waals surface area contributed by atoms with Crippen LogP contribution in [0.25, 0.3) is 5.69 Å². The number of para-hydroxylation sites is 1. The van der Waals surface area contributed by atoms with Crippen molar-refractivity contribution in [1.29, 1.82) is 0 Å². The van der Waals surface area contributed by atoms with E-state index < -0.39 is 0 Å². The molecule has 0 bridgehead atoms. The Labute approximate surface area is 125 Å². The Kier molecular flexibility index (Phi) is 4.57. The summed E-state index contributed by atoms with van der Waals surface area (Å²) in [6, 6.07) is 10.6. The van der Waals surface area contributed by atoms with Crippen LogP contribution < -0.4 is 5.32 Å². The number of benzene rings is 1. The topological polar surface area (TPSA) is 58.9 Å². The molecule has 6 heteroatoms. The van der Waals surface area contributed by atoms with Gasteiger partial charge in [0.05, 0.1) is 12.2 Å².